The molecule has 0 spiro atoms. The van der Waals surface area contributed by atoms with Gasteiger partial charge in [-0.1, -0.05) is 218 Å². The fraction of sp³-hybridized carbons (Fsp3) is 0. The molecule has 0 amide bonds. The molecule has 0 saturated carbocycles. The van der Waals surface area contributed by atoms with Crippen molar-refractivity contribution in [3.8, 4) is 44.5 Å². The highest BCUT2D eigenvalue weighted by Gasteiger charge is 2.25. The molecule has 1 heterocycles. The summed E-state index contributed by atoms with van der Waals surface area (Å²) in [5.41, 5.74) is 17.1. The normalized spacial score (nSPS) is 11.4. The maximum atomic E-state index is 7.10. The molecule has 0 aliphatic heterocycles. The summed E-state index contributed by atoms with van der Waals surface area (Å²) in [7, 11) is 0. The lowest BCUT2D eigenvalue weighted by atomic mass is 9.96. The van der Waals surface area contributed by atoms with Gasteiger partial charge in [-0.25, -0.2) is 0 Å². The van der Waals surface area contributed by atoms with Crippen LogP contribution in [0.2, 0.25) is 0 Å². The molecule has 0 radical (unpaired) electrons. The topological polar surface area (TPSA) is 19.6 Å². The molecule has 0 aliphatic carbocycles. The number of hydrogen-bond acceptors (Lipinski definition) is 3. The Labute approximate surface area is 413 Å². The van der Waals surface area contributed by atoms with Gasteiger partial charge in [-0.05, 0) is 110 Å². The van der Waals surface area contributed by atoms with Crippen LogP contribution in [0, 0.1) is 0 Å². The fourth-order valence-corrected chi connectivity index (χ4v) is 10.5. The van der Waals surface area contributed by atoms with Crippen molar-refractivity contribution in [2.24, 2.45) is 0 Å². The first-order valence-electron chi connectivity index (χ1n) is 24.2. The minimum absolute atomic E-state index is 0.833. The van der Waals surface area contributed by atoms with Crippen LogP contribution < -0.4 is 9.80 Å². The van der Waals surface area contributed by atoms with E-state index in [-0.39, 0.29) is 0 Å². The molecule has 71 heavy (non-hydrogen) atoms. The summed E-state index contributed by atoms with van der Waals surface area (Å²) in [6, 6.07) is 100. The van der Waals surface area contributed by atoms with Crippen molar-refractivity contribution in [1.82, 2.24) is 0 Å². The first-order valence-corrected chi connectivity index (χ1v) is 24.2. The number of hydrogen-bond donors (Lipinski definition) is 0. The van der Waals surface area contributed by atoms with Crippen LogP contribution in [0.15, 0.2) is 283 Å². The number of anilines is 6. The second-order valence-corrected chi connectivity index (χ2v) is 18.0. The Balaban J connectivity index is 1.02. The van der Waals surface area contributed by atoms with Crippen LogP contribution in [-0.2, 0) is 0 Å². The van der Waals surface area contributed by atoms with E-state index in [9.17, 15) is 0 Å². The molecule has 13 rings (SSSR count). The molecule has 12 aromatic carbocycles. The first-order chi connectivity index (χ1) is 35.2. The van der Waals surface area contributed by atoms with Gasteiger partial charge in [-0.15, -0.1) is 0 Å². The van der Waals surface area contributed by atoms with Crippen molar-refractivity contribution in [3.05, 3.63) is 279 Å². The van der Waals surface area contributed by atoms with Gasteiger partial charge in [-0.3, -0.25) is 0 Å². The highest BCUT2D eigenvalue weighted by molar-refractivity contribution is 6.18. The highest BCUT2D eigenvalue weighted by atomic mass is 16.3. The summed E-state index contributed by atoms with van der Waals surface area (Å²) < 4.78 is 7.10. The monoisotopic (exact) mass is 906 g/mol. The molecule has 0 aliphatic rings. The summed E-state index contributed by atoms with van der Waals surface area (Å²) in [6.07, 6.45) is 0. The Morgan fingerprint density at radius 2 is 0.662 bits per heavy atom. The Kier molecular flexibility index (Phi) is 10.5. The number of para-hydroxylation sites is 3. The zero-order valence-electron chi connectivity index (χ0n) is 38.9. The molecule has 0 atom stereocenters. The van der Waals surface area contributed by atoms with Crippen LogP contribution in [0.4, 0.5) is 34.1 Å². The van der Waals surface area contributed by atoms with Crippen LogP contribution in [-0.4, -0.2) is 0 Å². The van der Waals surface area contributed by atoms with E-state index in [0.717, 1.165) is 89.1 Å². The molecule has 0 bridgehead atoms. The second-order valence-electron chi connectivity index (χ2n) is 18.0. The van der Waals surface area contributed by atoms with Crippen molar-refractivity contribution < 1.29 is 4.42 Å². The summed E-state index contributed by atoms with van der Waals surface area (Å²) in [4.78, 5) is 4.80. The molecule has 0 unspecified atom stereocenters. The molecular weight excluding hydrogens is 861 g/mol. The van der Waals surface area contributed by atoms with Gasteiger partial charge in [0.1, 0.15) is 5.58 Å². The smallest absolute Gasteiger partial charge is 0.159 e. The lowest BCUT2D eigenvalue weighted by Crippen LogP contribution is -2.14. The third-order valence-corrected chi connectivity index (χ3v) is 13.9. The van der Waals surface area contributed by atoms with E-state index >= 15 is 0 Å². The minimum atomic E-state index is 0.833. The summed E-state index contributed by atoms with van der Waals surface area (Å²) in [5.74, 6) is 0. The molecule has 0 N–H and O–H groups in total. The fourth-order valence-electron chi connectivity index (χ4n) is 10.5. The zero-order valence-corrected chi connectivity index (χ0v) is 38.9. The van der Waals surface area contributed by atoms with E-state index < -0.39 is 0 Å². The number of benzene rings is 12. The van der Waals surface area contributed by atoms with E-state index in [4.69, 9.17) is 4.42 Å². The lowest BCUT2D eigenvalue weighted by Gasteiger charge is -2.31. The van der Waals surface area contributed by atoms with Gasteiger partial charge in [0.15, 0.2) is 5.58 Å². The number of rotatable bonds is 10. The number of furan rings is 1. The molecule has 1 aromatic heterocycles. The SMILES string of the molecule is c1ccc(-c2ccc(N(c3cccc(-c4cccc5ccccc45)c3)c3ccccc3-c3ccccc3N(c3ccc(-c4ccccc4)cc3)c3cccc4c3oc3c5ccccc5ccc43)cc2)cc1. The summed E-state index contributed by atoms with van der Waals surface area (Å²) >= 11 is 0. The van der Waals surface area contributed by atoms with E-state index in [1.54, 1.807) is 0 Å². The van der Waals surface area contributed by atoms with Crippen molar-refractivity contribution >= 4 is 77.6 Å². The van der Waals surface area contributed by atoms with E-state index in [1.165, 1.54) is 33.0 Å². The predicted molar refractivity (Wildman–Crippen MR) is 300 cm³/mol. The van der Waals surface area contributed by atoms with Gasteiger partial charge < -0.3 is 14.2 Å². The molecule has 334 valence electrons. The quantitative estimate of drug-likeness (QED) is 0.136. The number of fused-ring (bicyclic) bond motifs is 6. The Morgan fingerprint density at radius 3 is 1.34 bits per heavy atom. The minimum Gasteiger partial charge on any atom is -0.453 e. The van der Waals surface area contributed by atoms with Crippen molar-refractivity contribution in [3.63, 3.8) is 0 Å². The average molecular weight is 907 g/mol. The molecule has 0 saturated heterocycles. The van der Waals surface area contributed by atoms with Gasteiger partial charge >= 0.3 is 0 Å². The average Bonchev–Trinajstić information content (AvgIpc) is 3.84. The van der Waals surface area contributed by atoms with Crippen molar-refractivity contribution in [2.45, 2.75) is 0 Å². The second kappa shape index (κ2) is 17.9. The Morgan fingerprint density at radius 1 is 0.225 bits per heavy atom. The Hall–Kier alpha value is -9.44. The van der Waals surface area contributed by atoms with Crippen LogP contribution in [0.25, 0.3) is 88.0 Å². The van der Waals surface area contributed by atoms with Gasteiger partial charge in [0.05, 0.1) is 17.1 Å². The van der Waals surface area contributed by atoms with Crippen LogP contribution in [0.5, 0.6) is 0 Å². The van der Waals surface area contributed by atoms with E-state index in [2.05, 4.69) is 289 Å². The molecule has 3 nitrogen and oxygen atoms in total. The van der Waals surface area contributed by atoms with Crippen molar-refractivity contribution in [1.29, 1.82) is 0 Å². The largest absolute Gasteiger partial charge is 0.453 e. The first kappa shape index (κ1) is 41.7. The van der Waals surface area contributed by atoms with Gasteiger partial charge in [-0.2, -0.15) is 0 Å². The predicted octanol–water partition coefficient (Wildman–Crippen LogP) is 19.5. The van der Waals surface area contributed by atoms with Crippen LogP contribution in [0.3, 0.4) is 0 Å². The zero-order chi connectivity index (χ0) is 47.1. The maximum Gasteiger partial charge on any atom is 0.159 e. The third kappa shape index (κ3) is 7.58. The van der Waals surface area contributed by atoms with Gasteiger partial charge in [0.2, 0.25) is 0 Å². The lowest BCUT2D eigenvalue weighted by molar-refractivity contribution is 0.673. The molecule has 3 heteroatoms. The maximum absolute atomic E-state index is 7.10. The Bertz CT molecular complexity index is 4040. The summed E-state index contributed by atoms with van der Waals surface area (Å²) in [5, 5.41) is 6.86. The van der Waals surface area contributed by atoms with E-state index in [0.29, 0.717) is 0 Å². The third-order valence-electron chi connectivity index (χ3n) is 13.9. The summed E-state index contributed by atoms with van der Waals surface area (Å²) in [6.45, 7) is 0. The molecule has 13 aromatic rings. The van der Waals surface area contributed by atoms with Gasteiger partial charge in [0.25, 0.3) is 0 Å². The van der Waals surface area contributed by atoms with Crippen LogP contribution >= 0.6 is 0 Å². The molecular formula is C68H46N2O. The standard InChI is InChI=1S/C68H46N2O/c1-3-18-47(19-4-1)49-36-41-54(42-37-49)69(56-26-15-25-53(46-56)58-31-16-24-51-22-7-9-27-57(51)58)64-33-13-11-29-60(64)61-30-12-14-34-65(61)70(55-43-38-50(39-44-55)48-20-5-2-6-21-48)66-35-17-32-62-63-45-40-52-23-8-10-28-59(52)67(63)71-68(62)66/h1-46H. The van der Waals surface area contributed by atoms with Crippen molar-refractivity contribution in [2.75, 3.05) is 9.80 Å². The van der Waals surface area contributed by atoms with Gasteiger partial charge in [0, 0.05) is 44.3 Å². The highest BCUT2D eigenvalue weighted by Crippen LogP contribution is 2.50. The molecule has 0 fully saturated rings. The van der Waals surface area contributed by atoms with Crippen LogP contribution in [0.1, 0.15) is 0 Å². The van der Waals surface area contributed by atoms with E-state index in [1.807, 2.05) is 0 Å². The number of nitrogens with zero attached hydrogens (tertiary/aromatic N) is 2.